The Morgan fingerprint density at radius 3 is 2.61 bits per heavy atom. The zero-order valence-electron chi connectivity index (χ0n) is 14.1. The van der Waals surface area contributed by atoms with E-state index in [1.54, 1.807) is 14.2 Å². The van der Waals surface area contributed by atoms with Crippen LogP contribution in [-0.2, 0) is 4.74 Å². The molecule has 0 atom stereocenters. The molecule has 130 valence electrons. The third-order valence-electron chi connectivity index (χ3n) is 3.53. The van der Waals surface area contributed by atoms with Crippen LogP contribution in [-0.4, -0.2) is 46.5 Å². The second kappa shape index (κ2) is 9.17. The molecular weight excluding hydrogens is 409 g/mol. The van der Waals surface area contributed by atoms with Gasteiger partial charge in [0.05, 0.1) is 26.9 Å². The van der Waals surface area contributed by atoms with E-state index in [1.807, 2.05) is 25.1 Å². The summed E-state index contributed by atoms with van der Waals surface area (Å²) in [6, 6.07) is 5.72. The van der Waals surface area contributed by atoms with Crippen molar-refractivity contribution in [3.8, 4) is 11.5 Å². The first-order chi connectivity index (χ1) is 10.6. The summed E-state index contributed by atoms with van der Waals surface area (Å²) in [7, 11) is 3.38. The largest absolute Gasteiger partial charge is 0.493 e. The molecule has 23 heavy (non-hydrogen) atoms. The van der Waals surface area contributed by atoms with E-state index in [0.29, 0.717) is 12.4 Å². The van der Waals surface area contributed by atoms with Crippen molar-refractivity contribution in [2.75, 3.05) is 45.8 Å². The van der Waals surface area contributed by atoms with Crippen molar-refractivity contribution in [3.05, 3.63) is 18.2 Å². The predicted molar refractivity (Wildman–Crippen MR) is 103 cm³/mol. The van der Waals surface area contributed by atoms with Crippen LogP contribution >= 0.6 is 24.0 Å². The first-order valence-electron chi connectivity index (χ1n) is 7.46. The molecule has 2 rings (SSSR count). The maximum absolute atomic E-state index is 5.58. The number of nitrogens with one attached hydrogen (secondary N) is 2. The molecular formula is C16H26IN3O3. The molecule has 0 saturated carbocycles. The minimum Gasteiger partial charge on any atom is -0.493 e. The van der Waals surface area contributed by atoms with Gasteiger partial charge in [0, 0.05) is 30.8 Å². The van der Waals surface area contributed by atoms with Gasteiger partial charge in [-0.25, -0.2) is 0 Å². The molecule has 2 N–H and O–H groups in total. The van der Waals surface area contributed by atoms with Gasteiger partial charge < -0.3 is 24.8 Å². The smallest absolute Gasteiger partial charge is 0.195 e. The van der Waals surface area contributed by atoms with Gasteiger partial charge in [-0.3, -0.25) is 4.99 Å². The molecule has 1 aliphatic rings. The van der Waals surface area contributed by atoms with Crippen molar-refractivity contribution in [1.29, 1.82) is 0 Å². The third-order valence-corrected chi connectivity index (χ3v) is 3.53. The van der Waals surface area contributed by atoms with E-state index in [0.717, 1.165) is 37.2 Å². The van der Waals surface area contributed by atoms with E-state index in [2.05, 4.69) is 22.5 Å². The van der Waals surface area contributed by atoms with Gasteiger partial charge in [0.2, 0.25) is 0 Å². The van der Waals surface area contributed by atoms with E-state index >= 15 is 0 Å². The minimum absolute atomic E-state index is 0. The highest BCUT2D eigenvalue weighted by Crippen LogP contribution is 2.30. The van der Waals surface area contributed by atoms with Gasteiger partial charge in [0.1, 0.15) is 0 Å². The maximum Gasteiger partial charge on any atom is 0.195 e. The molecule has 1 aromatic rings. The summed E-state index contributed by atoms with van der Waals surface area (Å²) >= 11 is 0. The Bertz CT molecular complexity index is 533. The molecule has 1 fully saturated rings. The lowest BCUT2D eigenvalue weighted by atomic mass is 9.89. The summed E-state index contributed by atoms with van der Waals surface area (Å²) in [5.41, 5.74) is 1.08. The average Bonchev–Trinajstić information content (AvgIpc) is 2.50. The summed E-state index contributed by atoms with van der Waals surface area (Å²) in [5.74, 6) is 2.15. The molecule has 1 aromatic carbocycles. The van der Waals surface area contributed by atoms with Gasteiger partial charge in [0.15, 0.2) is 17.5 Å². The number of benzene rings is 1. The number of guanidine groups is 1. The molecule has 0 bridgehead atoms. The third kappa shape index (κ3) is 5.42. The number of methoxy groups -OCH3 is 1. The van der Waals surface area contributed by atoms with E-state index in [4.69, 9.17) is 14.2 Å². The van der Waals surface area contributed by atoms with E-state index < -0.39 is 0 Å². The molecule has 7 heteroatoms. The van der Waals surface area contributed by atoms with Crippen molar-refractivity contribution >= 4 is 35.6 Å². The molecule has 0 spiro atoms. The Balaban J connectivity index is 0.00000264. The normalized spacial score (nSPS) is 15.9. The summed E-state index contributed by atoms with van der Waals surface area (Å²) in [6.45, 7) is 7.12. The molecule has 1 saturated heterocycles. The molecule has 1 heterocycles. The summed E-state index contributed by atoms with van der Waals surface area (Å²) in [5, 5.41) is 6.59. The number of ether oxygens (including phenoxy) is 3. The maximum atomic E-state index is 5.58. The van der Waals surface area contributed by atoms with Crippen LogP contribution in [0.1, 0.15) is 13.8 Å². The molecule has 0 radical (unpaired) electrons. The Kier molecular flexibility index (Phi) is 7.90. The van der Waals surface area contributed by atoms with Crippen LogP contribution in [0, 0.1) is 5.41 Å². The molecule has 0 aliphatic carbocycles. The van der Waals surface area contributed by atoms with Gasteiger partial charge in [-0.15, -0.1) is 24.0 Å². The zero-order chi connectivity index (χ0) is 16.0. The monoisotopic (exact) mass is 435 g/mol. The van der Waals surface area contributed by atoms with Crippen molar-refractivity contribution < 1.29 is 14.2 Å². The SMILES string of the molecule is CCOc1cc(NC(=NC)NCC2(C)COC2)ccc1OC.I. The quantitative estimate of drug-likeness (QED) is 0.409. The van der Waals surface area contributed by atoms with Crippen LogP contribution in [0.25, 0.3) is 0 Å². The summed E-state index contributed by atoms with van der Waals surface area (Å²) in [4.78, 5) is 4.24. The second-order valence-corrected chi connectivity index (χ2v) is 5.65. The fourth-order valence-corrected chi connectivity index (χ4v) is 2.19. The molecule has 0 amide bonds. The molecule has 6 nitrogen and oxygen atoms in total. The van der Waals surface area contributed by atoms with Crippen LogP contribution in [0.4, 0.5) is 5.69 Å². The fraction of sp³-hybridized carbons (Fsp3) is 0.562. The van der Waals surface area contributed by atoms with Gasteiger partial charge in [-0.05, 0) is 19.1 Å². The van der Waals surface area contributed by atoms with Crippen molar-refractivity contribution in [2.24, 2.45) is 10.4 Å². The highest BCUT2D eigenvalue weighted by atomic mass is 127. The second-order valence-electron chi connectivity index (χ2n) is 5.65. The number of anilines is 1. The number of hydrogen-bond donors (Lipinski definition) is 2. The first kappa shape index (κ1) is 19.8. The lowest BCUT2D eigenvalue weighted by Crippen LogP contribution is -2.49. The Morgan fingerprint density at radius 2 is 2.09 bits per heavy atom. The topological polar surface area (TPSA) is 64.1 Å². The lowest BCUT2D eigenvalue weighted by molar-refractivity contribution is -0.0970. The van der Waals surface area contributed by atoms with Gasteiger partial charge in [0.25, 0.3) is 0 Å². The van der Waals surface area contributed by atoms with Crippen molar-refractivity contribution in [2.45, 2.75) is 13.8 Å². The van der Waals surface area contributed by atoms with Gasteiger partial charge in [-0.2, -0.15) is 0 Å². The number of nitrogens with zero attached hydrogens (tertiary/aromatic N) is 1. The summed E-state index contributed by atoms with van der Waals surface area (Å²) < 4.78 is 16.1. The van der Waals surface area contributed by atoms with Crippen LogP contribution in [0.15, 0.2) is 23.2 Å². The van der Waals surface area contributed by atoms with Crippen molar-refractivity contribution in [1.82, 2.24) is 5.32 Å². The van der Waals surface area contributed by atoms with E-state index in [-0.39, 0.29) is 29.4 Å². The number of rotatable bonds is 6. The fourth-order valence-electron chi connectivity index (χ4n) is 2.19. The Hall–Kier alpha value is -1.22. The highest BCUT2D eigenvalue weighted by molar-refractivity contribution is 14.0. The molecule has 1 aliphatic heterocycles. The van der Waals surface area contributed by atoms with Crippen molar-refractivity contribution in [3.63, 3.8) is 0 Å². The predicted octanol–water partition coefficient (Wildman–Crippen LogP) is 2.74. The molecule has 0 unspecified atom stereocenters. The number of hydrogen-bond acceptors (Lipinski definition) is 4. The zero-order valence-corrected chi connectivity index (χ0v) is 16.5. The standard InChI is InChI=1S/C16H25N3O3.HI/c1-5-22-14-8-12(6-7-13(14)20-4)19-15(17-3)18-9-16(2)10-21-11-16;/h6-8H,5,9-11H2,1-4H3,(H2,17,18,19);1H. The number of halogens is 1. The lowest BCUT2D eigenvalue weighted by Gasteiger charge is -2.38. The molecule has 0 aromatic heterocycles. The van der Waals surface area contributed by atoms with E-state index in [9.17, 15) is 0 Å². The van der Waals surface area contributed by atoms with Crippen LogP contribution in [0.2, 0.25) is 0 Å². The number of aliphatic imine (C=N–C) groups is 1. The summed E-state index contributed by atoms with van der Waals surface area (Å²) in [6.07, 6.45) is 0. The highest BCUT2D eigenvalue weighted by Gasteiger charge is 2.33. The minimum atomic E-state index is 0. The Labute approximate surface area is 155 Å². The Morgan fingerprint density at radius 1 is 1.35 bits per heavy atom. The first-order valence-corrected chi connectivity index (χ1v) is 7.46. The van der Waals surface area contributed by atoms with Crippen LogP contribution in [0.3, 0.4) is 0 Å². The average molecular weight is 435 g/mol. The van der Waals surface area contributed by atoms with Crippen LogP contribution < -0.4 is 20.1 Å². The van der Waals surface area contributed by atoms with E-state index in [1.165, 1.54) is 0 Å². The van der Waals surface area contributed by atoms with Crippen LogP contribution in [0.5, 0.6) is 11.5 Å². The van der Waals surface area contributed by atoms with Gasteiger partial charge in [-0.1, -0.05) is 6.92 Å². The van der Waals surface area contributed by atoms with Gasteiger partial charge >= 0.3 is 0 Å².